The summed E-state index contributed by atoms with van der Waals surface area (Å²) in [7, 11) is 2.33. The Labute approximate surface area is 159 Å². The van der Waals surface area contributed by atoms with Gasteiger partial charge < -0.3 is 18.9 Å². The highest BCUT2D eigenvalue weighted by Crippen LogP contribution is 2.45. The second kappa shape index (κ2) is 7.14. The van der Waals surface area contributed by atoms with Crippen molar-refractivity contribution >= 4 is 17.6 Å². The summed E-state index contributed by atoms with van der Waals surface area (Å²) in [6.45, 7) is 2.99. The van der Waals surface area contributed by atoms with Crippen LogP contribution in [0.1, 0.15) is 32.1 Å². The standard InChI is InChI=1S/C18H16N2O8/c1-8-14(17(21)25-3)16(15(9(2)19-8)18(22)26-4)10-5-12-13(28-7-27-12)6-11(10)20(23)24/h5-6H,7H2,1-4H3. The molecular weight excluding hydrogens is 372 g/mol. The van der Waals surface area contributed by atoms with Crippen molar-refractivity contribution < 1.29 is 33.5 Å². The zero-order valence-corrected chi connectivity index (χ0v) is 15.5. The first-order valence-electron chi connectivity index (χ1n) is 8.06. The van der Waals surface area contributed by atoms with E-state index in [0.29, 0.717) is 0 Å². The van der Waals surface area contributed by atoms with Gasteiger partial charge in [-0.1, -0.05) is 0 Å². The van der Waals surface area contributed by atoms with E-state index in [1.165, 1.54) is 12.1 Å². The first-order valence-corrected chi connectivity index (χ1v) is 8.06. The molecule has 10 heteroatoms. The quantitative estimate of drug-likeness (QED) is 0.441. The Balaban J connectivity index is 2.49. The highest BCUT2D eigenvalue weighted by molar-refractivity contribution is 6.08. The summed E-state index contributed by atoms with van der Waals surface area (Å²) in [5.74, 6) is -1.15. The van der Waals surface area contributed by atoms with Crippen LogP contribution in [-0.4, -0.2) is 42.9 Å². The second-order valence-corrected chi connectivity index (χ2v) is 5.87. The third kappa shape index (κ3) is 2.98. The van der Waals surface area contributed by atoms with Crippen LogP contribution < -0.4 is 9.47 Å². The topological polar surface area (TPSA) is 127 Å². The van der Waals surface area contributed by atoms with Crippen molar-refractivity contribution in [2.45, 2.75) is 13.8 Å². The van der Waals surface area contributed by atoms with Gasteiger partial charge in [-0.25, -0.2) is 9.59 Å². The lowest BCUT2D eigenvalue weighted by Crippen LogP contribution is -2.16. The molecular formula is C18H16N2O8. The summed E-state index contributed by atoms with van der Waals surface area (Å²) in [6, 6.07) is 2.54. The minimum Gasteiger partial charge on any atom is -0.465 e. The lowest BCUT2D eigenvalue weighted by molar-refractivity contribution is -0.384. The van der Waals surface area contributed by atoms with E-state index < -0.39 is 16.9 Å². The maximum absolute atomic E-state index is 12.5. The molecule has 1 aromatic carbocycles. The zero-order valence-electron chi connectivity index (χ0n) is 15.5. The number of aryl methyl sites for hydroxylation is 2. The molecule has 0 N–H and O–H groups in total. The lowest BCUT2D eigenvalue weighted by Gasteiger charge is -2.17. The van der Waals surface area contributed by atoms with Crippen molar-refractivity contribution in [3.63, 3.8) is 0 Å². The van der Waals surface area contributed by atoms with Gasteiger partial charge in [-0.3, -0.25) is 15.1 Å². The number of carbonyl (C=O) groups excluding carboxylic acids is 2. The van der Waals surface area contributed by atoms with Crippen molar-refractivity contribution in [1.82, 2.24) is 4.98 Å². The highest BCUT2D eigenvalue weighted by atomic mass is 16.7. The molecule has 0 bridgehead atoms. The van der Waals surface area contributed by atoms with Gasteiger partial charge in [-0.15, -0.1) is 0 Å². The number of hydrogen-bond acceptors (Lipinski definition) is 9. The number of carbonyl (C=O) groups is 2. The van der Waals surface area contributed by atoms with Gasteiger partial charge in [0.05, 0.1) is 53.3 Å². The van der Waals surface area contributed by atoms with E-state index >= 15 is 0 Å². The Morgan fingerprint density at radius 2 is 1.54 bits per heavy atom. The predicted octanol–water partition coefficient (Wildman–Crippen LogP) is 2.58. The molecule has 2 aromatic rings. The Kier molecular flexibility index (Phi) is 4.87. The maximum Gasteiger partial charge on any atom is 0.340 e. The molecule has 0 amide bonds. The molecule has 0 fully saturated rings. The number of nitrogens with zero attached hydrogens (tertiary/aromatic N) is 2. The summed E-state index contributed by atoms with van der Waals surface area (Å²) in [5, 5.41) is 11.7. The average molecular weight is 388 g/mol. The van der Waals surface area contributed by atoms with Gasteiger partial charge in [0.15, 0.2) is 11.5 Å². The number of methoxy groups -OCH3 is 2. The molecule has 3 rings (SSSR count). The summed E-state index contributed by atoms with van der Waals surface area (Å²) in [5.41, 5.74) is -0.0363. The third-order valence-electron chi connectivity index (χ3n) is 4.29. The van der Waals surface area contributed by atoms with Crippen LogP contribution in [-0.2, 0) is 9.47 Å². The number of fused-ring (bicyclic) bond motifs is 1. The number of ether oxygens (including phenoxy) is 4. The molecule has 146 valence electrons. The monoisotopic (exact) mass is 388 g/mol. The van der Waals surface area contributed by atoms with Crippen LogP contribution in [0.25, 0.3) is 11.1 Å². The summed E-state index contributed by atoms with van der Waals surface area (Å²) < 4.78 is 20.2. The van der Waals surface area contributed by atoms with Gasteiger partial charge in [-0.2, -0.15) is 0 Å². The molecule has 1 aliphatic rings. The number of nitro benzene ring substituents is 1. The minimum atomic E-state index is -0.794. The highest BCUT2D eigenvalue weighted by Gasteiger charge is 2.33. The zero-order chi connectivity index (χ0) is 20.6. The molecule has 0 aliphatic carbocycles. The van der Waals surface area contributed by atoms with E-state index in [9.17, 15) is 19.7 Å². The van der Waals surface area contributed by atoms with E-state index in [2.05, 4.69) is 4.98 Å². The molecule has 0 saturated carbocycles. The van der Waals surface area contributed by atoms with E-state index in [4.69, 9.17) is 18.9 Å². The fraction of sp³-hybridized carbons (Fsp3) is 0.278. The molecule has 1 aliphatic heterocycles. The number of pyridine rings is 1. The second-order valence-electron chi connectivity index (χ2n) is 5.87. The van der Waals surface area contributed by atoms with Crippen molar-refractivity contribution in [2.24, 2.45) is 0 Å². The minimum absolute atomic E-state index is 0.00583. The van der Waals surface area contributed by atoms with Crippen molar-refractivity contribution in [3.05, 3.63) is 44.8 Å². The van der Waals surface area contributed by atoms with Crippen LogP contribution in [0, 0.1) is 24.0 Å². The average Bonchev–Trinajstić information content (AvgIpc) is 3.12. The first kappa shape index (κ1) is 19.1. The normalized spacial score (nSPS) is 11.9. The van der Waals surface area contributed by atoms with Crippen molar-refractivity contribution in [1.29, 1.82) is 0 Å². The molecule has 0 radical (unpaired) electrons. The SMILES string of the molecule is COC(=O)c1c(C)nc(C)c(C(=O)OC)c1-c1cc2c(cc1[N+](=O)[O-])OCO2. The Hall–Kier alpha value is -3.69. The van der Waals surface area contributed by atoms with Gasteiger partial charge in [0.1, 0.15) is 0 Å². The van der Waals surface area contributed by atoms with Crippen LogP contribution in [0.4, 0.5) is 5.69 Å². The number of esters is 2. The smallest absolute Gasteiger partial charge is 0.340 e. The van der Waals surface area contributed by atoms with E-state index in [1.807, 2.05) is 0 Å². The van der Waals surface area contributed by atoms with E-state index in [-0.39, 0.29) is 57.6 Å². The summed E-state index contributed by atoms with van der Waals surface area (Å²) in [4.78, 5) is 40.3. The summed E-state index contributed by atoms with van der Waals surface area (Å²) in [6.07, 6.45) is 0. The Bertz CT molecular complexity index is 975. The van der Waals surface area contributed by atoms with Crippen molar-refractivity contribution in [2.75, 3.05) is 21.0 Å². The Morgan fingerprint density at radius 3 is 2.00 bits per heavy atom. The number of rotatable bonds is 4. The van der Waals surface area contributed by atoms with Gasteiger partial charge in [0.25, 0.3) is 5.69 Å². The predicted molar refractivity (Wildman–Crippen MR) is 94.6 cm³/mol. The van der Waals surface area contributed by atoms with Crippen LogP contribution in [0.3, 0.4) is 0 Å². The molecule has 1 aromatic heterocycles. The molecule has 28 heavy (non-hydrogen) atoms. The van der Waals surface area contributed by atoms with Crippen LogP contribution >= 0.6 is 0 Å². The van der Waals surface area contributed by atoms with Gasteiger partial charge in [0.2, 0.25) is 6.79 Å². The number of hydrogen-bond donors (Lipinski definition) is 0. The van der Waals surface area contributed by atoms with E-state index in [1.54, 1.807) is 13.8 Å². The molecule has 2 heterocycles. The van der Waals surface area contributed by atoms with Crippen LogP contribution in [0.5, 0.6) is 11.5 Å². The van der Waals surface area contributed by atoms with E-state index in [0.717, 1.165) is 14.2 Å². The molecule has 0 unspecified atom stereocenters. The lowest BCUT2D eigenvalue weighted by atomic mass is 9.91. The third-order valence-corrected chi connectivity index (χ3v) is 4.29. The van der Waals surface area contributed by atoms with Crippen LogP contribution in [0.15, 0.2) is 12.1 Å². The number of nitro groups is 1. The molecule has 10 nitrogen and oxygen atoms in total. The number of aromatic nitrogens is 1. The molecule has 0 spiro atoms. The van der Waals surface area contributed by atoms with Gasteiger partial charge >= 0.3 is 11.9 Å². The largest absolute Gasteiger partial charge is 0.465 e. The molecule has 0 atom stereocenters. The number of benzene rings is 1. The van der Waals surface area contributed by atoms with Crippen LogP contribution in [0.2, 0.25) is 0 Å². The van der Waals surface area contributed by atoms with Gasteiger partial charge in [-0.05, 0) is 19.9 Å². The molecule has 0 saturated heterocycles. The fourth-order valence-electron chi connectivity index (χ4n) is 3.11. The fourth-order valence-corrected chi connectivity index (χ4v) is 3.11. The first-order chi connectivity index (χ1) is 13.3. The van der Waals surface area contributed by atoms with Gasteiger partial charge in [0, 0.05) is 5.56 Å². The maximum atomic E-state index is 12.5. The Morgan fingerprint density at radius 1 is 1.04 bits per heavy atom. The summed E-state index contributed by atoms with van der Waals surface area (Å²) >= 11 is 0. The van der Waals surface area contributed by atoms with Crippen molar-refractivity contribution in [3.8, 4) is 22.6 Å².